The molecule has 3 aromatic heterocycles. The molecule has 0 atom stereocenters. The number of nitrogens with zero attached hydrogens (tertiary/aromatic N) is 6. The zero-order valence-electron chi connectivity index (χ0n) is 15.6. The van der Waals surface area contributed by atoms with E-state index >= 15 is 0 Å². The van der Waals surface area contributed by atoms with Crippen molar-refractivity contribution in [3.63, 3.8) is 0 Å². The lowest BCUT2D eigenvalue weighted by Gasteiger charge is -2.31. The number of hydrogen-bond acceptors (Lipinski definition) is 8. The Balaban J connectivity index is 1.46. The number of benzene rings is 1. The van der Waals surface area contributed by atoms with Gasteiger partial charge in [-0.05, 0) is 30.8 Å². The van der Waals surface area contributed by atoms with Gasteiger partial charge in [0.25, 0.3) is 0 Å². The molecule has 0 aliphatic carbocycles. The van der Waals surface area contributed by atoms with Crippen LogP contribution in [0.2, 0.25) is 0 Å². The third-order valence-electron chi connectivity index (χ3n) is 5.09. The third kappa shape index (κ3) is 3.30. The van der Waals surface area contributed by atoms with Gasteiger partial charge in [-0.1, -0.05) is 17.4 Å². The number of thiazole rings is 1. The number of phenolic OH excluding ortho intramolecular Hbond substituents is 1. The Morgan fingerprint density at radius 2 is 1.93 bits per heavy atom. The molecule has 0 unspecified atom stereocenters. The number of anilines is 1. The Bertz CT molecular complexity index is 1180. The maximum Gasteiger partial charge on any atom is 0.216 e. The van der Waals surface area contributed by atoms with Gasteiger partial charge in [-0.2, -0.15) is 14.5 Å². The van der Waals surface area contributed by atoms with Crippen LogP contribution in [-0.2, 0) is 0 Å². The maximum absolute atomic E-state index is 13.7. The fourth-order valence-corrected chi connectivity index (χ4v) is 4.37. The van der Waals surface area contributed by atoms with Crippen LogP contribution in [0.1, 0.15) is 0 Å². The van der Waals surface area contributed by atoms with Crippen LogP contribution in [0.4, 0.5) is 9.52 Å². The summed E-state index contributed by atoms with van der Waals surface area (Å²) in [7, 11) is 2.12. The summed E-state index contributed by atoms with van der Waals surface area (Å²) in [6, 6.07) is 6.80. The summed E-state index contributed by atoms with van der Waals surface area (Å²) in [4.78, 5) is 9.17. The molecule has 10 heteroatoms. The zero-order chi connectivity index (χ0) is 20.0. The molecule has 1 aliphatic rings. The molecule has 0 saturated carbocycles. The number of aromatic amines is 1. The highest BCUT2D eigenvalue weighted by Crippen LogP contribution is 2.35. The van der Waals surface area contributed by atoms with E-state index in [1.54, 1.807) is 23.5 Å². The van der Waals surface area contributed by atoms with E-state index in [1.165, 1.54) is 12.3 Å². The van der Waals surface area contributed by atoms with Crippen LogP contribution in [0.5, 0.6) is 5.75 Å². The van der Waals surface area contributed by atoms with Crippen LogP contribution in [0.15, 0.2) is 30.5 Å². The third-order valence-corrected chi connectivity index (χ3v) is 6.15. The van der Waals surface area contributed by atoms with E-state index in [-0.39, 0.29) is 5.75 Å². The lowest BCUT2D eigenvalue weighted by atomic mass is 10.0. The van der Waals surface area contributed by atoms with Crippen LogP contribution in [0, 0.1) is 5.95 Å². The fourth-order valence-electron chi connectivity index (χ4n) is 3.38. The van der Waals surface area contributed by atoms with Gasteiger partial charge in [0.2, 0.25) is 5.95 Å². The quantitative estimate of drug-likeness (QED) is 0.535. The molecule has 0 amide bonds. The van der Waals surface area contributed by atoms with Crippen molar-refractivity contribution in [2.75, 3.05) is 38.1 Å². The summed E-state index contributed by atoms with van der Waals surface area (Å²) in [5.41, 5.74) is 2.50. The topological polar surface area (TPSA) is 94.1 Å². The van der Waals surface area contributed by atoms with Crippen molar-refractivity contribution in [3.8, 4) is 28.1 Å². The van der Waals surface area contributed by atoms with Gasteiger partial charge in [-0.25, -0.2) is 0 Å². The Hall–Kier alpha value is -3.11. The number of aromatic hydroxyl groups is 1. The van der Waals surface area contributed by atoms with Gasteiger partial charge in [0.05, 0.1) is 22.2 Å². The van der Waals surface area contributed by atoms with Gasteiger partial charge in [-0.3, -0.25) is 5.10 Å². The van der Waals surface area contributed by atoms with Gasteiger partial charge < -0.3 is 14.9 Å². The minimum atomic E-state index is -0.542. The highest BCUT2D eigenvalue weighted by atomic mass is 32.1. The van der Waals surface area contributed by atoms with Crippen molar-refractivity contribution in [2.45, 2.75) is 0 Å². The molecule has 29 heavy (non-hydrogen) atoms. The second-order valence-electron chi connectivity index (χ2n) is 7.03. The maximum atomic E-state index is 13.7. The monoisotopic (exact) mass is 411 g/mol. The van der Waals surface area contributed by atoms with E-state index in [9.17, 15) is 9.50 Å². The van der Waals surface area contributed by atoms with Crippen molar-refractivity contribution < 1.29 is 9.50 Å². The number of hydrogen-bond donors (Lipinski definition) is 2. The molecule has 4 heterocycles. The highest BCUT2D eigenvalue weighted by Gasteiger charge is 2.19. The van der Waals surface area contributed by atoms with Crippen LogP contribution >= 0.6 is 11.3 Å². The van der Waals surface area contributed by atoms with E-state index in [0.29, 0.717) is 28.0 Å². The summed E-state index contributed by atoms with van der Waals surface area (Å²) < 4.78 is 14.6. The molecule has 0 spiro atoms. The molecular weight excluding hydrogens is 393 g/mol. The van der Waals surface area contributed by atoms with Crippen LogP contribution < -0.4 is 4.90 Å². The average Bonchev–Trinajstić information content (AvgIpc) is 3.34. The number of rotatable bonds is 3. The Labute approximate surface area is 169 Å². The molecule has 1 saturated heterocycles. The minimum Gasteiger partial charge on any atom is -0.507 e. The molecule has 8 nitrogen and oxygen atoms in total. The minimum absolute atomic E-state index is 0.000515. The van der Waals surface area contributed by atoms with Crippen molar-refractivity contribution >= 4 is 26.8 Å². The first kappa shape index (κ1) is 18.0. The molecule has 0 radical (unpaired) electrons. The molecule has 4 aromatic rings. The molecular formula is C19H18FN7OS. The van der Waals surface area contributed by atoms with E-state index < -0.39 is 5.95 Å². The average molecular weight is 411 g/mol. The number of phenols is 1. The smallest absolute Gasteiger partial charge is 0.216 e. The first-order chi connectivity index (χ1) is 14.1. The number of piperazine rings is 1. The van der Waals surface area contributed by atoms with E-state index in [4.69, 9.17) is 0 Å². The number of H-pyrrole nitrogens is 1. The number of aromatic nitrogens is 5. The van der Waals surface area contributed by atoms with Crippen molar-refractivity contribution in [3.05, 3.63) is 36.4 Å². The summed E-state index contributed by atoms with van der Waals surface area (Å²) in [5.74, 6) is -0.542. The molecule has 1 aromatic carbocycles. The number of halogens is 1. The molecule has 5 rings (SSSR count). The second-order valence-corrected chi connectivity index (χ2v) is 8.04. The molecule has 0 bridgehead atoms. The summed E-state index contributed by atoms with van der Waals surface area (Å²) in [6.07, 6.45) is 1.38. The number of nitrogens with one attached hydrogen (secondary N) is 1. The van der Waals surface area contributed by atoms with E-state index in [1.807, 2.05) is 6.07 Å². The fraction of sp³-hybridized carbons (Fsp3) is 0.263. The molecule has 1 fully saturated rings. The first-order valence-corrected chi connectivity index (χ1v) is 10.0. The number of likely N-dealkylation sites (N-methyl/N-ethyl adjacent to an activating group) is 1. The zero-order valence-corrected chi connectivity index (χ0v) is 16.4. The van der Waals surface area contributed by atoms with Gasteiger partial charge in [0.15, 0.2) is 10.8 Å². The molecule has 1 aliphatic heterocycles. The Kier molecular flexibility index (Phi) is 4.36. The summed E-state index contributed by atoms with van der Waals surface area (Å²) in [5, 5.41) is 25.8. The standard InChI is InChI=1S/C19H18FN7OS/c1-26-4-6-27(7-5-26)19-22-18-16(29-19)9-14(23-25-18)12-3-2-11(8-15(12)28)13-10-21-24-17(13)20/h2-3,8-10,28H,4-7H2,1H3,(H,21,24). The summed E-state index contributed by atoms with van der Waals surface area (Å²) in [6.45, 7) is 3.88. The normalized spacial score (nSPS) is 15.3. The Morgan fingerprint density at radius 1 is 1.10 bits per heavy atom. The lowest BCUT2D eigenvalue weighted by molar-refractivity contribution is 0.313. The van der Waals surface area contributed by atoms with E-state index in [2.05, 4.69) is 42.2 Å². The van der Waals surface area contributed by atoms with Crippen LogP contribution in [-0.4, -0.2) is 68.6 Å². The molecule has 148 valence electrons. The van der Waals surface area contributed by atoms with Gasteiger partial charge >= 0.3 is 0 Å². The first-order valence-electron chi connectivity index (χ1n) is 9.19. The van der Waals surface area contributed by atoms with Crippen LogP contribution in [0.25, 0.3) is 32.7 Å². The second kappa shape index (κ2) is 7.05. The van der Waals surface area contributed by atoms with Crippen molar-refractivity contribution in [1.82, 2.24) is 30.3 Å². The molecule has 2 N–H and O–H groups in total. The Morgan fingerprint density at radius 3 is 2.66 bits per heavy atom. The van der Waals surface area contributed by atoms with Crippen molar-refractivity contribution in [2.24, 2.45) is 0 Å². The lowest BCUT2D eigenvalue weighted by Crippen LogP contribution is -2.44. The van der Waals surface area contributed by atoms with E-state index in [0.717, 1.165) is 36.0 Å². The van der Waals surface area contributed by atoms with Gasteiger partial charge in [-0.15, -0.1) is 10.2 Å². The largest absolute Gasteiger partial charge is 0.507 e. The van der Waals surface area contributed by atoms with Gasteiger partial charge in [0, 0.05) is 31.7 Å². The summed E-state index contributed by atoms with van der Waals surface area (Å²) >= 11 is 1.57. The van der Waals surface area contributed by atoms with Gasteiger partial charge in [0.1, 0.15) is 5.75 Å². The van der Waals surface area contributed by atoms with Crippen LogP contribution in [0.3, 0.4) is 0 Å². The predicted octanol–water partition coefficient (Wildman–Crippen LogP) is 2.74. The number of fused-ring (bicyclic) bond motifs is 1. The predicted molar refractivity (Wildman–Crippen MR) is 110 cm³/mol. The van der Waals surface area contributed by atoms with Crippen molar-refractivity contribution in [1.29, 1.82) is 0 Å². The highest BCUT2D eigenvalue weighted by molar-refractivity contribution is 7.22. The SMILES string of the molecule is CN1CCN(c2nc3nnc(-c4ccc(-c5cn[nH]c5F)cc4O)cc3s2)CC1.